The van der Waals surface area contributed by atoms with Gasteiger partial charge in [-0.15, -0.1) is 0 Å². The zero-order valence-corrected chi connectivity index (χ0v) is 12.0. The van der Waals surface area contributed by atoms with Gasteiger partial charge in [0.2, 0.25) is 5.75 Å². The first-order valence-corrected chi connectivity index (χ1v) is 6.09. The third-order valence-corrected chi connectivity index (χ3v) is 2.77. The van der Waals surface area contributed by atoms with Gasteiger partial charge in [0.15, 0.2) is 11.5 Å². The summed E-state index contributed by atoms with van der Waals surface area (Å²) in [6.45, 7) is 6.35. The fourth-order valence-electron chi connectivity index (χ4n) is 1.95. The van der Waals surface area contributed by atoms with Crippen molar-refractivity contribution in [3.05, 3.63) is 17.7 Å². The summed E-state index contributed by atoms with van der Waals surface area (Å²) < 4.78 is 16.0. The summed E-state index contributed by atoms with van der Waals surface area (Å²) in [7, 11) is 4.86. The van der Waals surface area contributed by atoms with Crippen LogP contribution in [0.1, 0.15) is 32.4 Å². The molecule has 0 aliphatic heterocycles. The second-order valence-electron chi connectivity index (χ2n) is 4.50. The van der Waals surface area contributed by atoms with Crippen LogP contribution in [-0.4, -0.2) is 27.4 Å². The lowest BCUT2D eigenvalue weighted by molar-refractivity contribution is 0.323. The molecule has 0 fully saturated rings. The molecule has 4 nitrogen and oxygen atoms in total. The molecule has 0 aromatic heterocycles. The van der Waals surface area contributed by atoms with Crippen molar-refractivity contribution in [1.82, 2.24) is 5.32 Å². The van der Waals surface area contributed by atoms with Crippen LogP contribution in [-0.2, 0) is 0 Å². The predicted octanol–water partition coefficient (Wildman–Crippen LogP) is 2.77. The van der Waals surface area contributed by atoms with Gasteiger partial charge in [0.25, 0.3) is 0 Å². The van der Waals surface area contributed by atoms with Gasteiger partial charge in [0, 0.05) is 12.1 Å². The molecule has 1 N–H and O–H groups in total. The number of ether oxygens (including phenoxy) is 3. The summed E-state index contributed by atoms with van der Waals surface area (Å²) >= 11 is 0. The smallest absolute Gasteiger partial charge is 0.203 e. The molecule has 0 bridgehead atoms. The van der Waals surface area contributed by atoms with E-state index in [0.29, 0.717) is 23.3 Å². The topological polar surface area (TPSA) is 39.7 Å². The molecule has 1 unspecified atom stereocenters. The van der Waals surface area contributed by atoms with Crippen LogP contribution in [0, 0.1) is 0 Å². The van der Waals surface area contributed by atoms with Crippen LogP contribution in [0.3, 0.4) is 0 Å². The molecule has 0 aliphatic rings. The Morgan fingerprint density at radius 2 is 1.39 bits per heavy atom. The molecule has 1 atom stereocenters. The van der Waals surface area contributed by atoms with E-state index in [-0.39, 0.29) is 6.04 Å². The van der Waals surface area contributed by atoms with Crippen molar-refractivity contribution in [3.63, 3.8) is 0 Å². The Kier molecular flexibility index (Phi) is 5.28. The largest absolute Gasteiger partial charge is 0.493 e. The minimum Gasteiger partial charge on any atom is -0.493 e. The van der Waals surface area contributed by atoms with Gasteiger partial charge in [0.1, 0.15) is 0 Å². The monoisotopic (exact) mass is 253 g/mol. The molecule has 1 rings (SSSR count). The van der Waals surface area contributed by atoms with Crippen LogP contribution < -0.4 is 19.5 Å². The summed E-state index contributed by atoms with van der Waals surface area (Å²) in [5.74, 6) is 1.99. The molecule has 1 aromatic rings. The van der Waals surface area contributed by atoms with E-state index in [9.17, 15) is 0 Å². The van der Waals surface area contributed by atoms with E-state index in [4.69, 9.17) is 14.2 Å². The molecular weight excluding hydrogens is 230 g/mol. The van der Waals surface area contributed by atoms with Gasteiger partial charge in [-0.1, -0.05) is 13.8 Å². The van der Waals surface area contributed by atoms with Gasteiger partial charge in [-0.3, -0.25) is 0 Å². The second-order valence-corrected chi connectivity index (χ2v) is 4.50. The molecule has 4 heteroatoms. The Bertz CT molecular complexity index is 366. The highest BCUT2D eigenvalue weighted by atomic mass is 16.5. The average molecular weight is 253 g/mol. The SMILES string of the molecule is COc1cc(C(C)NC(C)C)cc(OC)c1OC. The van der Waals surface area contributed by atoms with Crippen LogP contribution in [0.4, 0.5) is 0 Å². The van der Waals surface area contributed by atoms with Crippen LogP contribution in [0.15, 0.2) is 12.1 Å². The molecule has 0 heterocycles. The van der Waals surface area contributed by atoms with Gasteiger partial charge >= 0.3 is 0 Å². The van der Waals surface area contributed by atoms with Crippen molar-refractivity contribution in [2.24, 2.45) is 0 Å². The van der Waals surface area contributed by atoms with Crippen LogP contribution >= 0.6 is 0 Å². The number of nitrogens with one attached hydrogen (secondary N) is 1. The predicted molar refractivity (Wildman–Crippen MR) is 72.8 cm³/mol. The van der Waals surface area contributed by atoms with E-state index >= 15 is 0 Å². The third-order valence-electron chi connectivity index (χ3n) is 2.77. The van der Waals surface area contributed by atoms with Crippen LogP contribution in [0.5, 0.6) is 17.2 Å². The Morgan fingerprint density at radius 1 is 0.889 bits per heavy atom. The van der Waals surface area contributed by atoms with E-state index in [2.05, 4.69) is 26.1 Å². The van der Waals surface area contributed by atoms with Crippen LogP contribution in [0.25, 0.3) is 0 Å². The van der Waals surface area contributed by atoms with Crippen molar-refractivity contribution in [3.8, 4) is 17.2 Å². The number of rotatable bonds is 6. The molecule has 0 spiro atoms. The van der Waals surface area contributed by atoms with Crippen molar-refractivity contribution in [2.45, 2.75) is 32.9 Å². The zero-order valence-electron chi connectivity index (χ0n) is 12.0. The van der Waals surface area contributed by atoms with Gasteiger partial charge in [0.05, 0.1) is 21.3 Å². The number of methoxy groups -OCH3 is 3. The first kappa shape index (κ1) is 14.6. The lowest BCUT2D eigenvalue weighted by atomic mass is 10.1. The van der Waals surface area contributed by atoms with Crippen molar-refractivity contribution in [1.29, 1.82) is 0 Å². The Morgan fingerprint density at radius 3 is 1.72 bits per heavy atom. The lowest BCUT2D eigenvalue weighted by Crippen LogP contribution is -2.26. The highest BCUT2D eigenvalue weighted by molar-refractivity contribution is 5.54. The highest BCUT2D eigenvalue weighted by Gasteiger charge is 2.16. The molecule has 0 radical (unpaired) electrons. The maximum atomic E-state index is 5.34. The fourth-order valence-corrected chi connectivity index (χ4v) is 1.95. The minimum absolute atomic E-state index is 0.221. The molecule has 1 aromatic carbocycles. The summed E-state index contributed by atoms with van der Waals surface area (Å²) in [6, 6.07) is 4.58. The second kappa shape index (κ2) is 6.50. The summed E-state index contributed by atoms with van der Waals surface area (Å²) in [5.41, 5.74) is 1.11. The first-order valence-electron chi connectivity index (χ1n) is 6.09. The Balaban J connectivity index is 3.14. The third kappa shape index (κ3) is 3.29. The molecule has 18 heavy (non-hydrogen) atoms. The van der Waals surface area contributed by atoms with E-state index in [1.165, 1.54) is 0 Å². The van der Waals surface area contributed by atoms with Gasteiger partial charge in [-0.05, 0) is 24.6 Å². The highest BCUT2D eigenvalue weighted by Crippen LogP contribution is 2.39. The van der Waals surface area contributed by atoms with Crippen LogP contribution in [0.2, 0.25) is 0 Å². The zero-order chi connectivity index (χ0) is 13.7. The lowest BCUT2D eigenvalue weighted by Gasteiger charge is -2.20. The van der Waals surface area contributed by atoms with Crippen molar-refractivity contribution >= 4 is 0 Å². The maximum absolute atomic E-state index is 5.34. The first-order chi connectivity index (χ1) is 8.53. The molecule has 0 amide bonds. The molecule has 102 valence electrons. The fraction of sp³-hybridized carbons (Fsp3) is 0.571. The molecule has 0 saturated carbocycles. The van der Waals surface area contributed by atoms with Gasteiger partial charge in [-0.25, -0.2) is 0 Å². The number of hydrogen-bond acceptors (Lipinski definition) is 4. The number of benzene rings is 1. The quantitative estimate of drug-likeness (QED) is 0.846. The van der Waals surface area contributed by atoms with Gasteiger partial charge < -0.3 is 19.5 Å². The Hall–Kier alpha value is -1.42. The van der Waals surface area contributed by atoms with E-state index in [1.54, 1.807) is 21.3 Å². The average Bonchev–Trinajstić information content (AvgIpc) is 2.35. The molecule has 0 saturated heterocycles. The minimum atomic E-state index is 0.221. The van der Waals surface area contributed by atoms with Crippen molar-refractivity contribution < 1.29 is 14.2 Å². The van der Waals surface area contributed by atoms with Crippen molar-refractivity contribution in [2.75, 3.05) is 21.3 Å². The summed E-state index contributed by atoms with van der Waals surface area (Å²) in [5, 5.41) is 3.45. The van der Waals surface area contributed by atoms with E-state index in [0.717, 1.165) is 5.56 Å². The summed E-state index contributed by atoms with van der Waals surface area (Å²) in [4.78, 5) is 0. The number of hydrogen-bond donors (Lipinski definition) is 1. The molecule has 0 aliphatic carbocycles. The normalized spacial score (nSPS) is 12.4. The van der Waals surface area contributed by atoms with Gasteiger partial charge in [-0.2, -0.15) is 0 Å². The van der Waals surface area contributed by atoms with E-state index in [1.807, 2.05) is 12.1 Å². The Labute approximate surface area is 109 Å². The standard InChI is InChI=1S/C14H23NO3/c1-9(2)15-10(3)11-7-12(16-4)14(18-6)13(8-11)17-5/h7-10,15H,1-6H3. The molecular formula is C14H23NO3. The maximum Gasteiger partial charge on any atom is 0.203 e. The van der Waals surface area contributed by atoms with E-state index < -0.39 is 0 Å². The summed E-state index contributed by atoms with van der Waals surface area (Å²) in [6.07, 6.45) is 0.